The summed E-state index contributed by atoms with van der Waals surface area (Å²) in [5.41, 5.74) is -1.12. The summed E-state index contributed by atoms with van der Waals surface area (Å²) in [6.07, 6.45) is 0.465. The lowest BCUT2D eigenvalue weighted by Gasteiger charge is -2.33. The van der Waals surface area contributed by atoms with Gasteiger partial charge >= 0.3 is 6.09 Å². The van der Waals surface area contributed by atoms with Crippen LogP contribution in [0.1, 0.15) is 40.0 Å². The molecule has 2 amide bonds. The van der Waals surface area contributed by atoms with Gasteiger partial charge in [0.25, 0.3) is 0 Å². The number of Topliss-reactive ketones (excluding diaryl/α,β-unsaturated/α-hetero) is 1. The molecule has 0 aromatic heterocycles. The molecular formula is C13H20N2O4. The zero-order valence-corrected chi connectivity index (χ0v) is 11.6. The van der Waals surface area contributed by atoms with Crippen LogP contribution in [0, 0.1) is 0 Å². The molecule has 0 aromatic rings. The summed E-state index contributed by atoms with van der Waals surface area (Å²) in [5.74, 6) is -0.308. The van der Waals surface area contributed by atoms with E-state index in [9.17, 15) is 14.4 Å². The molecule has 19 heavy (non-hydrogen) atoms. The molecule has 2 aliphatic heterocycles. The Morgan fingerprint density at radius 3 is 2.63 bits per heavy atom. The average Bonchev–Trinajstić information content (AvgIpc) is 2.57. The Morgan fingerprint density at radius 2 is 2.05 bits per heavy atom. The van der Waals surface area contributed by atoms with E-state index >= 15 is 0 Å². The number of hydrogen-bond donors (Lipinski definition) is 1. The summed E-state index contributed by atoms with van der Waals surface area (Å²) in [6.45, 7) is 6.27. The number of carbonyl (C=O) groups excluding carboxylic acids is 3. The highest BCUT2D eigenvalue weighted by molar-refractivity contribution is 6.01. The molecule has 1 spiro atoms. The van der Waals surface area contributed by atoms with Gasteiger partial charge in [-0.25, -0.2) is 4.79 Å². The Morgan fingerprint density at radius 1 is 1.37 bits per heavy atom. The first kappa shape index (κ1) is 13.8. The largest absolute Gasteiger partial charge is 0.444 e. The summed E-state index contributed by atoms with van der Waals surface area (Å²) < 4.78 is 5.30. The Balaban J connectivity index is 2.01. The molecule has 2 rings (SSSR count). The van der Waals surface area contributed by atoms with Crippen LogP contribution in [0.15, 0.2) is 0 Å². The van der Waals surface area contributed by atoms with Crippen molar-refractivity contribution >= 4 is 17.8 Å². The molecule has 0 radical (unpaired) electrons. The van der Waals surface area contributed by atoms with Gasteiger partial charge in [-0.2, -0.15) is 0 Å². The molecule has 0 saturated carbocycles. The third kappa shape index (κ3) is 3.24. The van der Waals surface area contributed by atoms with Crippen molar-refractivity contribution in [1.82, 2.24) is 10.2 Å². The van der Waals surface area contributed by atoms with E-state index < -0.39 is 17.2 Å². The second-order valence-corrected chi connectivity index (χ2v) is 6.37. The van der Waals surface area contributed by atoms with Crippen LogP contribution in [0.3, 0.4) is 0 Å². The quantitative estimate of drug-likeness (QED) is 0.661. The monoisotopic (exact) mass is 268 g/mol. The zero-order valence-electron chi connectivity index (χ0n) is 11.6. The third-order valence-corrected chi connectivity index (χ3v) is 3.30. The van der Waals surface area contributed by atoms with Gasteiger partial charge in [-0.1, -0.05) is 0 Å². The van der Waals surface area contributed by atoms with Crippen LogP contribution in [0.25, 0.3) is 0 Å². The minimum absolute atomic E-state index is 0.0474. The lowest BCUT2D eigenvalue weighted by Crippen LogP contribution is -2.56. The molecule has 1 atom stereocenters. The number of hydrogen-bond acceptors (Lipinski definition) is 4. The Labute approximate surface area is 112 Å². The van der Waals surface area contributed by atoms with E-state index in [0.717, 1.165) is 0 Å². The summed E-state index contributed by atoms with van der Waals surface area (Å²) >= 11 is 0. The third-order valence-electron chi connectivity index (χ3n) is 3.30. The van der Waals surface area contributed by atoms with E-state index in [1.165, 1.54) is 0 Å². The van der Waals surface area contributed by atoms with Crippen molar-refractivity contribution in [3.63, 3.8) is 0 Å². The van der Waals surface area contributed by atoms with Crippen LogP contribution >= 0.6 is 0 Å². The van der Waals surface area contributed by atoms with Crippen molar-refractivity contribution in [1.29, 1.82) is 0 Å². The number of likely N-dealkylation sites (tertiary alicyclic amines) is 1. The Hall–Kier alpha value is -1.59. The van der Waals surface area contributed by atoms with E-state index in [2.05, 4.69) is 5.32 Å². The fourth-order valence-electron chi connectivity index (χ4n) is 2.60. The predicted octanol–water partition coefficient (Wildman–Crippen LogP) is 0.845. The van der Waals surface area contributed by atoms with E-state index in [1.54, 1.807) is 4.90 Å². The van der Waals surface area contributed by atoms with Gasteiger partial charge in [-0.3, -0.25) is 9.59 Å². The highest BCUT2D eigenvalue weighted by atomic mass is 16.6. The van der Waals surface area contributed by atoms with Crippen LogP contribution in [-0.4, -0.2) is 46.9 Å². The summed E-state index contributed by atoms with van der Waals surface area (Å²) in [6, 6.07) is 0. The first-order chi connectivity index (χ1) is 8.69. The smallest absolute Gasteiger partial charge is 0.410 e. The standard InChI is InChI=1S/C13H20N2O4/c1-12(2,3)19-11(18)15-5-4-13(8-15)7-9(16)6-10(17)14-13/h4-8H2,1-3H3,(H,14,17). The summed E-state index contributed by atoms with van der Waals surface area (Å²) in [7, 11) is 0. The number of carbonyl (C=O) groups is 3. The van der Waals surface area contributed by atoms with Gasteiger partial charge in [-0.05, 0) is 27.2 Å². The van der Waals surface area contributed by atoms with Crippen LogP contribution < -0.4 is 5.32 Å². The number of rotatable bonds is 0. The highest BCUT2D eigenvalue weighted by Gasteiger charge is 2.46. The first-order valence-electron chi connectivity index (χ1n) is 6.50. The molecule has 1 N–H and O–H groups in total. The van der Waals surface area contributed by atoms with Crippen molar-refractivity contribution in [3.8, 4) is 0 Å². The highest BCUT2D eigenvalue weighted by Crippen LogP contribution is 2.29. The van der Waals surface area contributed by atoms with Crippen molar-refractivity contribution < 1.29 is 19.1 Å². The van der Waals surface area contributed by atoms with Crippen molar-refractivity contribution in [2.24, 2.45) is 0 Å². The van der Waals surface area contributed by atoms with Gasteiger partial charge in [-0.15, -0.1) is 0 Å². The summed E-state index contributed by atoms with van der Waals surface area (Å²) in [5, 5.41) is 2.86. The van der Waals surface area contributed by atoms with Crippen molar-refractivity contribution in [2.45, 2.75) is 51.2 Å². The molecule has 6 heteroatoms. The van der Waals surface area contributed by atoms with E-state index in [0.29, 0.717) is 25.9 Å². The number of nitrogens with zero attached hydrogens (tertiary/aromatic N) is 1. The average molecular weight is 268 g/mol. The lowest BCUT2D eigenvalue weighted by atomic mass is 9.87. The molecule has 2 heterocycles. The fourth-order valence-corrected chi connectivity index (χ4v) is 2.60. The topological polar surface area (TPSA) is 75.7 Å². The molecule has 1 unspecified atom stereocenters. The fraction of sp³-hybridized carbons (Fsp3) is 0.769. The zero-order chi connectivity index (χ0) is 14.3. The second-order valence-electron chi connectivity index (χ2n) is 6.37. The maximum absolute atomic E-state index is 12.0. The van der Waals surface area contributed by atoms with Gasteiger partial charge < -0.3 is 15.0 Å². The lowest BCUT2D eigenvalue weighted by molar-refractivity contribution is -0.134. The van der Waals surface area contributed by atoms with Gasteiger partial charge in [0.15, 0.2) is 0 Å². The number of nitrogens with one attached hydrogen (secondary N) is 1. The molecular weight excluding hydrogens is 248 g/mol. The van der Waals surface area contributed by atoms with E-state index in [4.69, 9.17) is 4.74 Å². The molecule has 2 aliphatic rings. The maximum Gasteiger partial charge on any atom is 0.410 e. The summed E-state index contributed by atoms with van der Waals surface area (Å²) in [4.78, 5) is 36.5. The van der Waals surface area contributed by atoms with Gasteiger partial charge in [0.1, 0.15) is 11.4 Å². The van der Waals surface area contributed by atoms with Crippen molar-refractivity contribution in [2.75, 3.05) is 13.1 Å². The molecule has 0 aromatic carbocycles. The molecule has 106 valence electrons. The maximum atomic E-state index is 12.0. The number of ether oxygens (including phenoxy) is 1. The molecule has 2 fully saturated rings. The van der Waals surface area contributed by atoms with Crippen LogP contribution in [0.4, 0.5) is 4.79 Å². The normalized spacial score (nSPS) is 27.6. The van der Waals surface area contributed by atoms with Crippen molar-refractivity contribution in [3.05, 3.63) is 0 Å². The van der Waals surface area contributed by atoms with Gasteiger partial charge in [0.05, 0.1) is 12.0 Å². The van der Waals surface area contributed by atoms with E-state index in [-0.39, 0.29) is 18.1 Å². The molecule has 0 aliphatic carbocycles. The van der Waals surface area contributed by atoms with Gasteiger partial charge in [0.2, 0.25) is 5.91 Å². The number of piperidine rings is 1. The Bertz CT molecular complexity index is 409. The van der Waals surface area contributed by atoms with Crippen LogP contribution in [0.5, 0.6) is 0 Å². The SMILES string of the molecule is CC(C)(C)OC(=O)N1CCC2(CC(=O)CC(=O)N2)C1. The molecule has 2 saturated heterocycles. The molecule has 0 bridgehead atoms. The first-order valence-corrected chi connectivity index (χ1v) is 6.50. The van der Waals surface area contributed by atoms with Crippen LogP contribution in [-0.2, 0) is 14.3 Å². The van der Waals surface area contributed by atoms with Crippen LogP contribution in [0.2, 0.25) is 0 Å². The number of amides is 2. The number of ketones is 1. The second kappa shape index (κ2) is 4.51. The molecule has 6 nitrogen and oxygen atoms in total. The van der Waals surface area contributed by atoms with E-state index in [1.807, 2.05) is 20.8 Å². The predicted molar refractivity (Wildman–Crippen MR) is 67.5 cm³/mol. The Kier molecular flexibility index (Phi) is 3.28. The minimum atomic E-state index is -0.580. The minimum Gasteiger partial charge on any atom is -0.444 e. The van der Waals surface area contributed by atoms with Gasteiger partial charge in [0, 0.05) is 19.5 Å².